The van der Waals surface area contributed by atoms with Crippen LogP contribution < -0.4 is 11.5 Å². The van der Waals surface area contributed by atoms with E-state index in [-0.39, 0.29) is 23.5 Å². The number of hydrogen-bond donors (Lipinski definition) is 2. The molecule has 4 N–H and O–H groups in total. The van der Waals surface area contributed by atoms with Crippen molar-refractivity contribution in [1.82, 2.24) is 39.0 Å². The van der Waals surface area contributed by atoms with Crippen molar-refractivity contribution in [2.75, 3.05) is 11.5 Å². The van der Waals surface area contributed by atoms with E-state index in [1.165, 1.54) is 62.8 Å². The van der Waals surface area contributed by atoms with Gasteiger partial charge in [-0.2, -0.15) is 0 Å². The average Bonchev–Trinajstić information content (AvgIpc) is 3.79. The fraction of sp³-hybridized carbons (Fsp3) is 0.316. The van der Waals surface area contributed by atoms with E-state index in [0.717, 1.165) is 71.0 Å². The molecule has 8 rings (SSSR count). The third-order valence-corrected chi connectivity index (χ3v) is 9.59. The summed E-state index contributed by atoms with van der Waals surface area (Å²) in [6.07, 6.45) is 19.1. The van der Waals surface area contributed by atoms with Gasteiger partial charge in [0.25, 0.3) is 0 Å². The van der Waals surface area contributed by atoms with Crippen LogP contribution >= 0.6 is 0 Å². The molecule has 256 valence electrons. The molecule has 0 spiro atoms. The summed E-state index contributed by atoms with van der Waals surface area (Å²) >= 11 is 0. The lowest BCUT2D eigenvalue weighted by Gasteiger charge is -2.25. The highest BCUT2D eigenvalue weighted by Crippen LogP contribution is 2.38. The summed E-state index contributed by atoms with van der Waals surface area (Å²) in [5.74, 6) is -0.0514. The van der Waals surface area contributed by atoms with Crippen molar-refractivity contribution in [3.05, 3.63) is 97.3 Å². The zero-order valence-electron chi connectivity index (χ0n) is 27.8. The fourth-order valence-electron chi connectivity index (χ4n) is 7.15. The molecule has 0 saturated heterocycles. The number of imidazole rings is 2. The van der Waals surface area contributed by atoms with E-state index in [9.17, 15) is 8.78 Å². The highest BCUT2D eigenvalue weighted by Gasteiger charge is 2.25. The summed E-state index contributed by atoms with van der Waals surface area (Å²) in [6.45, 7) is 0. The van der Waals surface area contributed by atoms with E-state index in [0.29, 0.717) is 12.1 Å². The van der Waals surface area contributed by atoms with E-state index in [1.807, 2.05) is 24.8 Å². The molecule has 0 aliphatic heterocycles. The van der Waals surface area contributed by atoms with Gasteiger partial charge < -0.3 is 20.6 Å². The van der Waals surface area contributed by atoms with E-state index in [1.54, 1.807) is 36.7 Å². The Labute approximate surface area is 289 Å². The van der Waals surface area contributed by atoms with Gasteiger partial charge in [-0.3, -0.25) is 0 Å². The molecule has 2 aliphatic rings. The SMILES string of the molecule is Nc1nccc(-c2c(-c3ccc(F)cc3)ncn2C2CCCCC2)n1.Nc1nccc(-c2c(-c3ccc(F)cc3)ncn2C2CCCCC2)n1. The van der Waals surface area contributed by atoms with Gasteiger partial charge >= 0.3 is 0 Å². The van der Waals surface area contributed by atoms with Crippen LogP contribution in [-0.4, -0.2) is 39.0 Å². The van der Waals surface area contributed by atoms with Crippen molar-refractivity contribution in [2.24, 2.45) is 0 Å². The molecule has 50 heavy (non-hydrogen) atoms. The lowest BCUT2D eigenvalue weighted by molar-refractivity contribution is 0.355. The number of rotatable bonds is 6. The Balaban J connectivity index is 0.000000157. The number of benzene rings is 2. The summed E-state index contributed by atoms with van der Waals surface area (Å²) in [4.78, 5) is 26.1. The van der Waals surface area contributed by atoms with Crippen LogP contribution in [0.3, 0.4) is 0 Å². The minimum absolute atomic E-state index is 0.235. The smallest absolute Gasteiger partial charge is 0.220 e. The van der Waals surface area contributed by atoms with Crippen molar-refractivity contribution in [3.8, 4) is 45.3 Å². The van der Waals surface area contributed by atoms with Gasteiger partial charge in [0, 0.05) is 35.6 Å². The second-order valence-electron chi connectivity index (χ2n) is 12.9. The minimum Gasteiger partial charge on any atom is -0.368 e. The molecule has 6 aromatic rings. The van der Waals surface area contributed by atoms with E-state index >= 15 is 0 Å². The molecule has 2 aliphatic carbocycles. The number of anilines is 2. The van der Waals surface area contributed by atoms with Crippen LogP contribution in [0.2, 0.25) is 0 Å². The van der Waals surface area contributed by atoms with Gasteiger partial charge in [-0.25, -0.2) is 38.7 Å². The van der Waals surface area contributed by atoms with Gasteiger partial charge in [-0.05, 0) is 86.3 Å². The molecule has 0 unspecified atom stereocenters. The molecule has 2 fully saturated rings. The topological polar surface area (TPSA) is 139 Å². The van der Waals surface area contributed by atoms with E-state index in [4.69, 9.17) is 11.5 Å². The Kier molecular flexibility index (Phi) is 9.86. The summed E-state index contributed by atoms with van der Waals surface area (Å²) in [5, 5.41) is 0. The van der Waals surface area contributed by atoms with Crippen molar-refractivity contribution in [1.29, 1.82) is 0 Å². The number of nitrogens with two attached hydrogens (primary N) is 2. The number of hydrogen-bond acceptors (Lipinski definition) is 8. The first-order chi connectivity index (χ1) is 24.4. The zero-order valence-corrected chi connectivity index (χ0v) is 27.8. The van der Waals surface area contributed by atoms with Gasteiger partial charge in [-0.15, -0.1) is 0 Å². The van der Waals surface area contributed by atoms with Crippen molar-refractivity contribution >= 4 is 11.9 Å². The van der Waals surface area contributed by atoms with Gasteiger partial charge in [-0.1, -0.05) is 38.5 Å². The Hall–Kier alpha value is -5.52. The van der Waals surface area contributed by atoms with Gasteiger partial charge in [0.05, 0.1) is 46.8 Å². The first kappa shape index (κ1) is 33.0. The van der Waals surface area contributed by atoms with Crippen LogP contribution in [0.25, 0.3) is 45.3 Å². The second-order valence-corrected chi connectivity index (χ2v) is 12.9. The minimum atomic E-state index is -0.261. The first-order valence-corrected chi connectivity index (χ1v) is 17.3. The maximum absolute atomic E-state index is 13.3. The lowest BCUT2D eigenvalue weighted by atomic mass is 9.95. The number of aromatic nitrogens is 8. The molecular weight excluding hydrogens is 634 g/mol. The maximum Gasteiger partial charge on any atom is 0.220 e. The number of nitrogens with zero attached hydrogens (tertiary/aromatic N) is 8. The molecule has 0 radical (unpaired) electrons. The predicted octanol–water partition coefficient (Wildman–Crippen LogP) is 8.47. The average molecular weight is 675 g/mol. The lowest BCUT2D eigenvalue weighted by Crippen LogP contribution is -2.13. The molecule has 2 aromatic carbocycles. The molecule has 10 nitrogen and oxygen atoms in total. The predicted molar refractivity (Wildman–Crippen MR) is 190 cm³/mol. The van der Waals surface area contributed by atoms with Crippen LogP contribution in [0.5, 0.6) is 0 Å². The van der Waals surface area contributed by atoms with E-state index in [2.05, 4.69) is 39.0 Å². The summed E-state index contributed by atoms with van der Waals surface area (Å²) in [7, 11) is 0. The van der Waals surface area contributed by atoms with Crippen LogP contribution in [0.15, 0.2) is 85.7 Å². The summed E-state index contributed by atoms with van der Waals surface area (Å²) in [5.41, 5.74) is 18.3. The third-order valence-electron chi connectivity index (χ3n) is 9.59. The molecule has 2 saturated carbocycles. The second kappa shape index (κ2) is 14.9. The standard InChI is InChI=1S/2C19H20FN5/c2*20-14-8-6-13(7-9-14)17-18(16-10-11-22-19(21)24-16)25(12-23-17)15-4-2-1-3-5-15/h2*6-12,15H,1-5H2,(H2,21,22,24). The van der Waals surface area contributed by atoms with Crippen LogP contribution in [-0.2, 0) is 0 Å². The van der Waals surface area contributed by atoms with Crippen molar-refractivity contribution < 1.29 is 8.78 Å². The number of nitrogen functional groups attached to an aromatic ring is 2. The summed E-state index contributed by atoms with van der Waals surface area (Å²) < 4.78 is 31.0. The highest BCUT2D eigenvalue weighted by molar-refractivity contribution is 5.78. The van der Waals surface area contributed by atoms with Gasteiger partial charge in [0.1, 0.15) is 11.6 Å². The Morgan fingerprint density at radius 3 is 1.24 bits per heavy atom. The largest absolute Gasteiger partial charge is 0.368 e. The van der Waals surface area contributed by atoms with E-state index < -0.39 is 0 Å². The molecule has 0 bridgehead atoms. The molecule has 4 heterocycles. The maximum atomic E-state index is 13.3. The zero-order chi connectivity index (χ0) is 34.5. The Morgan fingerprint density at radius 1 is 0.500 bits per heavy atom. The van der Waals surface area contributed by atoms with Gasteiger partial charge in [0.2, 0.25) is 11.9 Å². The molecule has 0 amide bonds. The number of halogens is 2. The van der Waals surface area contributed by atoms with Crippen LogP contribution in [0.1, 0.15) is 76.3 Å². The molecule has 0 atom stereocenters. The highest BCUT2D eigenvalue weighted by atomic mass is 19.1. The van der Waals surface area contributed by atoms with Crippen LogP contribution in [0, 0.1) is 11.6 Å². The van der Waals surface area contributed by atoms with Crippen LogP contribution in [0.4, 0.5) is 20.7 Å². The molecular formula is C38H40F2N10. The van der Waals surface area contributed by atoms with Crippen molar-refractivity contribution in [3.63, 3.8) is 0 Å². The summed E-state index contributed by atoms with van der Waals surface area (Å²) in [6, 6.07) is 17.3. The quantitative estimate of drug-likeness (QED) is 0.179. The Bertz CT molecular complexity index is 1880. The van der Waals surface area contributed by atoms with Gasteiger partial charge in [0.15, 0.2) is 0 Å². The molecule has 4 aromatic heterocycles. The fourth-order valence-corrected chi connectivity index (χ4v) is 7.15. The Morgan fingerprint density at radius 2 is 0.880 bits per heavy atom. The normalized spacial score (nSPS) is 15.4. The van der Waals surface area contributed by atoms with Crippen molar-refractivity contribution in [2.45, 2.75) is 76.3 Å². The monoisotopic (exact) mass is 674 g/mol. The molecule has 12 heteroatoms. The third kappa shape index (κ3) is 7.24. The first-order valence-electron chi connectivity index (χ1n) is 17.3.